The van der Waals surface area contributed by atoms with Crippen LogP contribution in [0.15, 0.2) is 65.7 Å². The van der Waals surface area contributed by atoms with Gasteiger partial charge in [-0.15, -0.1) is 0 Å². The van der Waals surface area contributed by atoms with Gasteiger partial charge in [-0.25, -0.2) is 4.99 Å². The third kappa shape index (κ3) is 5.17. The third-order valence-corrected chi connectivity index (χ3v) is 4.89. The molecule has 4 heteroatoms. The van der Waals surface area contributed by atoms with Crippen molar-refractivity contribution in [3.8, 4) is 28.4 Å². The Morgan fingerprint density at radius 2 is 1.45 bits per heavy atom. The lowest BCUT2D eigenvalue weighted by molar-refractivity contribution is 0.415. The summed E-state index contributed by atoms with van der Waals surface area (Å²) < 4.78 is 11.4. The van der Waals surface area contributed by atoms with Gasteiger partial charge in [0.1, 0.15) is 17.2 Å². The van der Waals surface area contributed by atoms with Gasteiger partial charge in [0.2, 0.25) is 0 Å². The molecule has 0 aliphatic heterocycles. The molecule has 150 valence electrons. The summed E-state index contributed by atoms with van der Waals surface area (Å²) in [6.07, 6.45) is 1.86. The Balaban J connectivity index is 1.75. The van der Waals surface area contributed by atoms with E-state index in [1.54, 1.807) is 7.11 Å². The molecule has 3 rings (SSSR count). The summed E-state index contributed by atoms with van der Waals surface area (Å²) >= 11 is 0. The highest BCUT2D eigenvalue weighted by atomic mass is 16.5. The number of nitrogens with zero attached hydrogens (tertiary/aromatic N) is 2. The summed E-state index contributed by atoms with van der Waals surface area (Å²) in [5.41, 5.74) is 5.38. The molecule has 0 saturated heterocycles. The van der Waals surface area contributed by atoms with E-state index in [-0.39, 0.29) is 0 Å². The zero-order valence-electron chi connectivity index (χ0n) is 17.8. The highest BCUT2D eigenvalue weighted by Crippen LogP contribution is 2.32. The van der Waals surface area contributed by atoms with E-state index in [9.17, 15) is 0 Å². The Kier molecular flexibility index (Phi) is 6.55. The van der Waals surface area contributed by atoms with Crippen molar-refractivity contribution >= 4 is 12.0 Å². The summed E-state index contributed by atoms with van der Waals surface area (Å²) in [6.45, 7) is 7.12. The molecule has 4 nitrogen and oxygen atoms in total. The monoisotopic (exact) mass is 388 g/mol. The van der Waals surface area contributed by atoms with Gasteiger partial charge in [-0.05, 0) is 79.4 Å². The van der Waals surface area contributed by atoms with E-state index in [1.165, 1.54) is 0 Å². The van der Waals surface area contributed by atoms with Gasteiger partial charge in [-0.1, -0.05) is 24.3 Å². The molecule has 0 fully saturated rings. The molecule has 0 amide bonds. The minimum absolute atomic E-state index is 0.812. The number of methoxy groups -OCH3 is 1. The predicted octanol–water partition coefficient (Wildman–Crippen LogP) is 6.38. The molecule has 0 saturated carbocycles. The lowest BCUT2D eigenvalue weighted by Gasteiger charge is -2.13. The van der Waals surface area contributed by atoms with Crippen LogP contribution in [0.5, 0.6) is 17.2 Å². The smallest absolute Gasteiger partial charge is 0.130 e. The van der Waals surface area contributed by atoms with Crippen molar-refractivity contribution in [2.24, 2.45) is 4.99 Å². The van der Waals surface area contributed by atoms with E-state index >= 15 is 0 Å². The summed E-state index contributed by atoms with van der Waals surface area (Å²) in [5.74, 6) is 2.52. The van der Waals surface area contributed by atoms with Crippen LogP contribution in [0.3, 0.4) is 0 Å². The molecule has 3 aromatic carbocycles. The fourth-order valence-corrected chi connectivity index (χ4v) is 2.89. The quantitative estimate of drug-likeness (QED) is 0.348. The van der Waals surface area contributed by atoms with Crippen LogP contribution in [-0.4, -0.2) is 31.9 Å². The van der Waals surface area contributed by atoms with Crippen molar-refractivity contribution in [1.29, 1.82) is 0 Å². The lowest BCUT2D eigenvalue weighted by Crippen LogP contribution is -2.14. The molecule has 0 unspecified atom stereocenters. The van der Waals surface area contributed by atoms with Gasteiger partial charge in [0.25, 0.3) is 0 Å². The number of ether oxygens (including phenoxy) is 2. The van der Waals surface area contributed by atoms with Crippen LogP contribution in [0.2, 0.25) is 0 Å². The number of aliphatic imine (C=N–C) groups is 1. The molecular formula is C25H28N2O2. The molecule has 0 radical (unpaired) electrons. The second-order valence-electron chi connectivity index (χ2n) is 7.08. The van der Waals surface area contributed by atoms with E-state index in [4.69, 9.17) is 9.47 Å². The average Bonchev–Trinajstić information content (AvgIpc) is 2.75. The summed E-state index contributed by atoms with van der Waals surface area (Å²) in [5, 5.41) is 0. The van der Waals surface area contributed by atoms with Gasteiger partial charge in [0.15, 0.2) is 0 Å². The minimum Gasteiger partial charge on any atom is -0.497 e. The molecular weight excluding hydrogens is 360 g/mol. The second kappa shape index (κ2) is 9.28. The summed E-state index contributed by atoms with van der Waals surface area (Å²) in [4.78, 5) is 6.62. The Hall–Kier alpha value is -3.27. The Morgan fingerprint density at radius 1 is 0.862 bits per heavy atom. The lowest BCUT2D eigenvalue weighted by atomic mass is 10.1. The summed E-state index contributed by atoms with van der Waals surface area (Å²) in [6, 6.07) is 20.3. The number of hydrogen-bond donors (Lipinski definition) is 0. The zero-order valence-corrected chi connectivity index (χ0v) is 17.8. The van der Waals surface area contributed by atoms with Gasteiger partial charge in [0.05, 0.1) is 19.1 Å². The van der Waals surface area contributed by atoms with Gasteiger partial charge in [-0.3, -0.25) is 0 Å². The van der Waals surface area contributed by atoms with Crippen LogP contribution >= 0.6 is 0 Å². The van der Waals surface area contributed by atoms with Crippen LogP contribution in [0.4, 0.5) is 5.69 Å². The molecule has 0 atom stereocenters. The molecule has 0 aromatic heterocycles. The maximum atomic E-state index is 6.14. The van der Waals surface area contributed by atoms with E-state index < -0.39 is 0 Å². The molecule has 0 aliphatic carbocycles. The van der Waals surface area contributed by atoms with Gasteiger partial charge < -0.3 is 14.4 Å². The fourth-order valence-electron chi connectivity index (χ4n) is 2.89. The predicted molar refractivity (Wildman–Crippen MR) is 121 cm³/mol. The molecule has 3 aromatic rings. The third-order valence-electron chi connectivity index (χ3n) is 4.89. The van der Waals surface area contributed by atoms with Crippen molar-refractivity contribution in [3.05, 3.63) is 71.8 Å². The number of aryl methyl sites for hydroxylation is 2. The molecule has 0 aliphatic rings. The van der Waals surface area contributed by atoms with Gasteiger partial charge >= 0.3 is 0 Å². The van der Waals surface area contributed by atoms with E-state index in [1.807, 2.05) is 55.5 Å². The number of rotatable bonds is 7. The first kappa shape index (κ1) is 20.5. The normalized spacial score (nSPS) is 10.9. The molecule has 29 heavy (non-hydrogen) atoms. The maximum absolute atomic E-state index is 6.14. The standard InChI is InChI=1S/C25H28N2O2/c1-6-27(4)17-26-24-15-19(3)25(16-18(24)2)29-23-13-9-21(10-14-23)20-7-11-22(28-5)12-8-20/h7-17H,6H2,1-5H3. The SMILES string of the molecule is CCN(C)C=Nc1cc(C)c(Oc2ccc(-c3ccc(OC)cc3)cc2)cc1C. The molecule has 0 bridgehead atoms. The molecule has 0 N–H and O–H groups in total. The first-order valence-corrected chi connectivity index (χ1v) is 9.78. The van der Waals surface area contributed by atoms with Crippen LogP contribution < -0.4 is 9.47 Å². The molecule has 0 spiro atoms. The highest BCUT2D eigenvalue weighted by molar-refractivity contribution is 5.66. The van der Waals surface area contributed by atoms with E-state index in [0.29, 0.717) is 0 Å². The number of benzene rings is 3. The minimum atomic E-state index is 0.812. The van der Waals surface area contributed by atoms with E-state index in [0.717, 1.165) is 51.7 Å². The second-order valence-corrected chi connectivity index (χ2v) is 7.08. The Labute approximate surface area is 173 Å². The maximum Gasteiger partial charge on any atom is 0.130 e. The van der Waals surface area contributed by atoms with Crippen LogP contribution in [-0.2, 0) is 0 Å². The Morgan fingerprint density at radius 3 is 2.00 bits per heavy atom. The first-order chi connectivity index (χ1) is 14.0. The average molecular weight is 389 g/mol. The fraction of sp³-hybridized carbons (Fsp3) is 0.240. The van der Waals surface area contributed by atoms with Crippen LogP contribution in [0.25, 0.3) is 11.1 Å². The van der Waals surface area contributed by atoms with Crippen molar-refractivity contribution in [2.45, 2.75) is 20.8 Å². The van der Waals surface area contributed by atoms with Crippen LogP contribution in [0.1, 0.15) is 18.1 Å². The number of hydrogen-bond acceptors (Lipinski definition) is 3. The van der Waals surface area contributed by atoms with Crippen molar-refractivity contribution in [2.75, 3.05) is 20.7 Å². The first-order valence-electron chi connectivity index (χ1n) is 9.78. The van der Waals surface area contributed by atoms with Gasteiger partial charge in [-0.2, -0.15) is 0 Å². The zero-order chi connectivity index (χ0) is 20.8. The Bertz CT molecular complexity index is 977. The summed E-state index contributed by atoms with van der Waals surface area (Å²) in [7, 11) is 3.69. The van der Waals surface area contributed by atoms with Crippen molar-refractivity contribution < 1.29 is 9.47 Å². The molecule has 0 heterocycles. The van der Waals surface area contributed by atoms with Crippen molar-refractivity contribution in [1.82, 2.24) is 4.90 Å². The van der Waals surface area contributed by atoms with E-state index in [2.05, 4.69) is 49.2 Å². The topological polar surface area (TPSA) is 34.1 Å². The van der Waals surface area contributed by atoms with Gasteiger partial charge in [0, 0.05) is 13.6 Å². The van der Waals surface area contributed by atoms with Crippen molar-refractivity contribution in [3.63, 3.8) is 0 Å². The highest BCUT2D eigenvalue weighted by Gasteiger charge is 2.07. The largest absolute Gasteiger partial charge is 0.497 e. The van der Waals surface area contributed by atoms with Crippen LogP contribution in [0, 0.1) is 13.8 Å².